The van der Waals surface area contributed by atoms with Gasteiger partial charge in [-0.05, 0) is 160 Å². The number of esters is 1. The number of nitrogens with one attached hydrogen (secondary N) is 5. The summed E-state index contributed by atoms with van der Waals surface area (Å²) in [6.45, 7) is 18.6. The summed E-state index contributed by atoms with van der Waals surface area (Å²) < 4.78 is 31.6. The van der Waals surface area contributed by atoms with Crippen LogP contribution < -0.4 is 32.3 Å². The van der Waals surface area contributed by atoms with Crippen molar-refractivity contribution in [2.75, 3.05) is 67.2 Å². The average Bonchev–Trinajstić information content (AvgIpc) is 3.59. The molecule has 3 saturated carbocycles. The van der Waals surface area contributed by atoms with Crippen LogP contribution in [0.3, 0.4) is 0 Å². The molecule has 3 aromatic carbocycles. The Morgan fingerprint density at radius 3 is 1.31 bits per heavy atom. The molecule has 0 bridgehead atoms. The molecule has 85 heavy (non-hydrogen) atoms. The van der Waals surface area contributed by atoms with Gasteiger partial charge in [0.2, 0.25) is 0 Å². The van der Waals surface area contributed by atoms with Gasteiger partial charge in [0.25, 0.3) is 0 Å². The Bertz CT molecular complexity index is 2320. The molecule has 8 N–H and O–H groups in total. The predicted octanol–water partition coefficient (Wildman–Crippen LogP) is 15.4. The number of carbonyl (C=O) groups is 5. The predicted molar refractivity (Wildman–Crippen MR) is 344 cm³/mol. The van der Waals surface area contributed by atoms with Gasteiger partial charge in [0.05, 0.1) is 18.1 Å². The molecular formula is C64H105Cl3MnN6O11. The number of Topliss-reactive ketones (excluding diaryl/α,β-unsaturated/α-hetero) is 2. The van der Waals surface area contributed by atoms with E-state index < -0.39 is 44.3 Å². The number of alkyl carbamates (subject to hydrolysis) is 2. The molecule has 3 fully saturated rings. The minimum absolute atomic E-state index is 0. The molecule has 0 spiro atoms. The third-order valence-corrected chi connectivity index (χ3v) is 13.4. The second kappa shape index (κ2) is 49.3. The van der Waals surface area contributed by atoms with Gasteiger partial charge >= 0.3 is 40.6 Å². The van der Waals surface area contributed by atoms with Crippen molar-refractivity contribution in [3.8, 4) is 0 Å². The summed E-state index contributed by atoms with van der Waals surface area (Å²) >= 11 is 8.09. The molecule has 0 heterocycles. The van der Waals surface area contributed by atoms with E-state index >= 15 is 0 Å². The van der Waals surface area contributed by atoms with E-state index in [9.17, 15) is 29.1 Å². The molecule has 0 aromatic heterocycles. The van der Waals surface area contributed by atoms with Gasteiger partial charge in [-0.25, -0.2) is 9.59 Å². The van der Waals surface area contributed by atoms with Crippen LogP contribution >= 0.6 is 35.6 Å². The molecule has 2 amide bonds. The summed E-state index contributed by atoms with van der Waals surface area (Å²) in [4.78, 5) is 57.2. The van der Waals surface area contributed by atoms with Crippen molar-refractivity contribution in [1.29, 1.82) is 0 Å². The number of benzene rings is 3. The molecule has 1 atom stereocenters. The van der Waals surface area contributed by atoms with E-state index in [1.165, 1.54) is 103 Å². The van der Waals surface area contributed by atoms with Crippen molar-refractivity contribution in [2.45, 2.75) is 196 Å². The van der Waals surface area contributed by atoms with Crippen molar-refractivity contribution < 1.29 is 65.8 Å². The Labute approximate surface area is 531 Å². The molecule has 3 aliphatic carbocycles. The van der Waals surface area contributed by atoms with E-state index in [1.807, 2.05) is 114 Å². The van der Waals surface area contributed by atoms with Gasteiger partial charge in [-0.1, -0.05) is 102 Å². The Kier molecular flexibility index (Phi) is 47.8. The number of aliphatic hydroxyl groups excluding tert-OH is 1. The number of amides is 2. The Hall–Kier alpha value is -4.68. The molecule has 17 nitrogen and oxygen atoms in total. The summed E-state index contributed by atoms with van der Waals surface area (Å²) in [6.07, 6.45) is 19.6. The van der Waals surface area contributed by atoms with Crippen LogP contribution in [-0.4, -0.2) is 97.2 Å². The standard InChI is InChI=1S/C21H34N2O3.C21H32N2O3.C16H24N2O.C4H8O2.CH2Cl2.CH4.ClH.Mn.2O/c2*1-21(2,3)26-20(25)22-13-12-19(24)17-10-7-11-18(14-17)23-15-16-8-5-4-6-9-16;17-10-9-16(19)14-7-4-8-15(11-14)18-12-13-5-2-1-3-6-13;1-3-6-4(2)5;2-1-3;;;;;/h7,10-11,14,16,19,23-24H,4-6,8-9,12-13,15H2,1-3H3,(H,22,25);7,10-11,14,16,23H,4-6,8-9,12-13,15H2,1-3H3,(H,22,25);4,7-8,11,13,18H,1-3,5-6,9-10,12,17H2;3H2,1-2H3;1H2;1H4;1H;;;. The maximum absolute atomic E-state index is 12.3. The summed E-state index contributed by atoms with van der Waals surface area (Å²) in [5.41, 5.74) is 9.76. The van der Waals surface area contributed by atoms with Gasteiger partial charge in [-0.15, -0.1) is 35.6 Å². The second-order valence-corrected chi connectivity index (χ2v) is 23.8. The van der Waals surface area contributed by atoms with Gasteiger partial charge in [0.1, 0.15) is 11.2 Å². The zero-order valence-corrected chi connectivity index (χ0v) is 54.8. The first-order valence-electron chi connectivity index (χ1n) is 29.6. The first-order chi connectivity index (χ1) is 39.6. The maximum atomic E-state index is 12.3. The molecule has 6 rings (SSSR count). The summed E-state index contributed by atoms with van der Waals surface area (Å²) in [5, 5.41) is 26.3. The van der Waals surface area contributed by atoms with E-state index in [4.69, 9.17) is 46.1 Å². The van der Waals surface area contributed by atoms with E-state index in [-0.39, 0.29) is 55.7 Å². The molecule has 1 unspecified atom stereocenters. The first-order valence-corrected chi connectivity index (χ1v) is 31.6. The van der Waals surface area contributed by atoms with Crippen LogP contribution in [0.15, 0.2) is 72.8 Å². The van der Waals surface area contributed by atoms with E-state index in [0.29, 0.717) is 38.1 Å². The molecule has 3 aromatic rings. The number of rotatable bonds is 21. The third kappa shape index (κ3) is 43.6. The SMILES string of the molecule is C.CC(C)(C)OC(=O)NCCC(=O)c1cccc(NCC2CCCCC2)c1.CC(C)(C)OC(=O)NCCC(O)c1cccc(NCC2CCCCC2)c1.CCOC(C)=O.Cl.ClCCl.NCCC(=O)c1cccc(NCC2CCCCC2)c1.[O]=[Mn]=[O]. The number of nitrogens with two attached hydrogens (primary N) is 1. The quantitative estimate of drug-likeness (QED) is 0.0172. The Balaban J connectivity index is 0. The molecule has 485 valence electrons. The number of halogens is 3. The fourth-order valence-electron chi connectivity index (χ4n) is 9.43. The van der Waals surface area contributed by atoms with E-state index in [1.54, 1.807) is 6.92 Å². The van der Waals surface area contributed by atoms with Crippen LogP contribution in [0.2, 0.25) is 0 Å². The number of aliphatic hydroxyl groups is 1. The topological polar surface area (TPSA) is 254 Å². The van der Waals surface area contributed by atoms with Crippen LogP contribution in [0.25, 0.3) is 0 Å². The molecule has 0 radical (unpaired) electrons. The molecule has 3 aliphatic rings. The van der Waals surface area contributed by atoms with Crippen LogP contribution in [-0.2, 0) is 41.5 Å². The molecule has 21 heteroatoms. The van der Waals surface area contributed by atoms with Crippen LogP contribution in [0.4, 0.5) is 26.7 Å². The van der Waals surface area contributed by atoms with Crippen molar-refractivity contribution in [1.82, 2.24) is 10.6 Å². The van der Waals surface area contributed by atoms with Crippen molar-refractivity contribution in [3.05, 3.63) is 89.5 Å². The molecule has 0 aliphatic heterocycles. The number of ketones is 2. The number of anilines is 3. The summed E-state index contributed by atoms with van der Waals surface area (Å²) in [5.74, 6) is 2.22. The number of carbonyl (C=O) groups excluding carboxylic acids is 5. The number of alkyl halides is 2. The first kappa shape index (κ1) is 82.4. The fraction of sp³-hybridized carbons (Fsp3) is 0.641. The van der Waals surface area contributed by atoms with Gasteiger partial charge in [0.15, 0.2) is 11.6 Å². The van der Waals surface area contributed by atoms with Crippen LogP contribution in [0.5, 0.6) is 0 Å². The number of ether oxygens (including phenoxy) is 3. The van der Waals surface area contributed by atoms with Gasteiger partial charge in [-0.3, -0.25) is 14.4 Å². The third-order valence-electron chi connectivity index (χ3n) is 13.4. The summed E-state index contributed by atoms with van der Waals surface area (Å²) in [7, 11) is 0. The van der Waals surface area contributed by atoms with E-state index in [0.717, 1.165) is 65.6 Å². The zero-order valence-electron chi connectivity index (χ0n) is 51.3. The Morgan fingerprint density at radius 1 is 0.612 bits per heavy atom. The van der Waals surface area contributed by atoms with Gasteiger partial charge < -0.3 is 51.6 Å². The fourth-order valence-corrected chi connectivity index (χ4v) is 9.43. The zero-order chi connectivity index (χ0) is 61.9. The van der Waals surface area contributed by atoms with Crippen molar-refractivity contribution >= 4 is 82.4 Å². The van der Waals surface area contributed by atoms with Crippen LogP contribution in [0, 0.1) is 17.8 Å². The van der Waals surface area contributed by atoms with Crippen LogP contribution in [0.1, 0.15) is 211 Å². The number of hydrogen-bond donors (Lipinski definition) is 7. The molecule has 0 saturated heterocycles. The second-order valence-electron chi connectivity index (χ2n) is 22.8. The average molecular weight is 1300 g/mol. The minimum atomic E-state index is -1.44. The van der Waals surface area contributed by atoms with E-state index in [2.05, 4.69) is 31.3 Å². The summed E-state index contributed by atoms with van der Waals surface area (Å²) in [6, 6.07) is 23.3. The van der Waals surface area contributed by atoms with Crippen molar-refractivity contribution in [3.63, 3.8) is 0 Å². The molecular weight excluding hydrogens is 1190 g/mol. The normalized spacial score (nSPS) is 14.4. The van der Waals surface area contributed by atoms with Gasteiger partial charge in [-0.2, -0.15) is 0 Å². The number of hydrogen-bond acceptors (Lipinski definition) is 15. The van der Waals surface area contributed by atoms with Crippen molar-refractivity contribution in [2.24, 2.45) is 23.5 Å². The Morgan fingerprint density at radius 2 is 0.965 bits per heavy atom. The van der Waals surface area contributed by atoms with Gasteiger partial charge in [0, 0.05) is 80.7 Å². The monoisotopic (exact) mass is 1290 g/mol.